The summed E-state index contributed by atoms with van der Waals surface area (Å²) in [6.45, 7) is 6.63. The Hall–Kier alpha value is -1.67. The molecule has 1 atom stereocenters. The van der Waals surface area contributed by atoms with Gasteiger partial charge in [0.15, 0.2) is 0 Å². The van der Waals surface area contributed by atoms with Crippen molar-refractivity contribution >= 4 is 30.7 Å². The number of benzene rings is 1. The summed E-state index contributed by atoms with van der Waals surface area (Å²) in [5.74, 6) is 2.24. The molecule has 1 aliphatic heterocycles. The quantitative estimate of drug-likeness (QED) is 0.711. The van der Waals surface area contributed by atoms with Gasteiger partial charge in [0.05, 0.1) is 12.6 Å². The number of hydrogen-bond acceptors (Lipinski definition) is 6. The SMILES string of the molecule is CC(c1nc(-c2ccccc2)no1)N1CCN(C(=O)CNCC2CC2)CC1.Cl.Cl. The van der Waals surface area contributed by atoms with Crippen molar-refractivity contribution in [2.24, 2.45) is 5.92 Å². The fraction of sp³-hybridized carbons (Fsp3) is 0.550. The van der Waals surface area contributed by atoms with Crippen LogP contribution in [0.5, 0.6) is 0 Å². The number of nitrogens with one attached hydrogen (secondary N) is 1. The maximum atomic E-state index is 12.3. The van der Waals surface area contributed by atoms with Gasteiger partial charge < -0.3 is 14.7 Å². The van der Waals surface area contributed by atoms with Gasteiger partial charge in [0, 0.05) is 31.7 Å². The highest BCUT2D eigenvalue weighted by Gasteiger charge is 2.28. The smallest absolute Gasteiger partial charge is 0.244 e. The summed E-state index contributed by atoms with van der Waals surface area (Å²) in [5.41, 5.74) is 0.953. The lowest BCUT2D eigenvalue weighted by atomic mass is 10.2. The summed E-state index contributed by atoms with van der Waals surface area (Å²) >= 11 is 0. The average Bonchev–Trinajstić information content (AvgIpc) is 3.41. The number of hydrogen-bond donors (Lipinski definition) is 1. The Morgan fingerprint density at radius 1 is 1.17 bits per heavy atom. The van der Waals surface area contributed by atoms with Gasteiger partial charge in [-0.05, 0) is 32.2 Å². The number of carbonyl (C=O) groups is 1. The number of aromatic nitrogens is 2. The van der Waals surface area contributed by atoms with Crippen LogP contribution in [0, 0.1) is 5.92 Å². The molecule has 0 spiro atoms. The molecule has 0 bridgehead atoms. The predicted molar refractivity (Wildman–Crippen MR) is 116 cm³/mol. The van der Waals surface area contributed by atoms with Crippen molar-refractivity contribution in [2.75, 3.05) is 39.3 Å². The van der Waals surface area contributed by atoms with Crippen LogP contribution in [0.2, 0.25) is 0 Å². The maximum Gasteiger partial charge on any atom is 0.244 e. The van der Waals surface area contributed by atoms with Gasteiger partial charge in [0.25, 0.3) is 0 Å². The summed E-state index contributed by atoms with van der Waals surface area (Å²) in [4.78, 5) is 21.1. The monoisotopic (exact) mass is 441 g/mol. The van der Waals surface area contributed by atoms with E-state index in [4.69, 9.17) is 4.52 Å². The molecule has 1 aliphatic carbocycles. The van der Waals surface area contributed by atoms with Crippen LogP contribution in [0.25, 0.3) is 11.4 Å². The van der Waals surface area contributed by atoms with Crippen LogP contribution in [0.15, 0.2) is 34.9 Å². The number of rotatable bonds is 7. The second kappa shape index (κ2) is 10.9. The van der Waals surface area contributed by atoms with E-state index in [0.29, 0.717) is 18.3 Å². The van der Waals surface area contributed by atoms with E-state index in [2.05, 4.69) is 27.3 Å². The summed E-state index contributed by atoms with van der Waals surface area (Å²) in [5, 5.41) is 7.40. The highest BCUT2D eigenvalue weighted by Crippen LogP contribution is 2.27. The maximum absolute atomic E-state index is 12.3. The minimum atomic E-state index is 0. The molecule has 1 aromatic carbocycles. The summed E-state index contributed by atoms with van der Waals surface area (Å²) in [7, 11) is 0. The Morgan fingerprint density at radius 3 is 2.52 bits per heavy atom. The zero-order chi connectivity index (χ0) is 18.6. The van der Waals surface area contributed by atoms with Crippen LogP contribution in [0.3, 0.4) is 0 Å². The van der Waals surface area contributed by atoms with Crippen molar-refractivity contribution in [3.63, 3.8) is 0 Å². The van der Waals surface area contributed by atoms with Gasteiger partial charge >= 0.3 is 0 Å². The minimum absolute atomic E-state index is 0. The van der Waals surface area contributed by atoms with Gasteiger partial charge in [-0.2, -0.15) is 4.98 Å². The molecule has 1 aromatic heterocycles. The third-order valence-corrected chi connectivity index (χ3v) is 5.45. The lowest BCUT2D eigenvalue weighted by Crippen LogP contribution is -2.51. The van der Waals surface area contributed by atoms with Gasteiger partial charge in [-0.15, -0.1) is 24.8 Å². The van der Waals surface area contributed by atoms with Gasteiger partial charge in [0.2, 0.25) is 17.6 Å². The molecule has 1 amide bonds. The molecule has 1 saturated heterocycles. The van der Waals surface area contributed by atoms with E-state index in [0.717, 1.165) is 44.2 Å². The minimum Gasteiger partial charge on any atom is -0.339 e. The molecule has 2 aliphatic rings. The molecular formula is C20H29Cl2N5O2. The van der Waals surface area contributed by atoms with E-state index in [1.54, 1.807) is 0 Å². The molecule has 7 nitrogen and oxygen atoms in total. The van der Waals surface area contributed by atoms with Gasteiger partial charge in [-0.1, -0.05) is 35.5 Å². The molecule has 9 heteroatoms. The van der Waals surface area contributed by atoms with E-state index in [-0.39, 0.29) is 36.8 Å². The third-order valence-electron chi connectivity index (χ3n) is 5.45. The molecule has 1 N–H and O–H groups in total. The molecular weight excluding hydrogens is 413 g/mol. The van der Waals surface area contributed by atoms with Crippen LogP contribution in [-0.4, -0.2) is 65.1 Å². The first-order valence-electron chi connectivity index (χ1n) is 9.82. The largest absolute Gasteiger partial charge is 0.339 e. The van der Waals surface area contributed by atoms with Crippen LogP contribution >= 0.6 is 24.8 Å². The van der Waals surface area contributed by atoms with E-state index >= 15 is 0 Å². The summed E-state index contributed by atoms with van der Waals surface area (Å²) in [6, 6.07) is 9.88. The highest BCUT2D eigenvalue weighted by atomic mass is 35.5. The first kappa shape index (κ1) is 23.6. The molecule has 160 valence electrons. The van der Waals surface area contributed by atoms with Crippen LogP contribution < -0.4 is 5.32 Å². The van der Waals surface area contributed by atoms with Crippen molar-refractivity contribution in [1.82, 2.24) is 25.3 Å². The van der Waals surface area contributed by atoms with E-state index < -0.39 is 0 Å². The van der Waals surface area contributed by atoms with Crippen LogP contribution in [0.1, 0.15) is 31.7 Å². The number of nitrogens with zero attached hydrogens (tertiary/aromatic N) is 4. The van der Waals surface area contributed by atoms with Gasteiger partial charge in [-0.25, -0.2) is 0 Å². The Labute approximate surface area is 184 Å². The lowest BCUT2D eigenvalue weighted by Gasteiger charge is -2.36. The van der Waals surface area contributed by atoms with E-state index in [1.807, 2.05) is 35.2 Å². The molecule has 2 aromatic rings. The Balaban J connectivity index is 0.00000150. The number of carbonyl (C=O) groups excluding carboxylic acids is 1. The molecule has 4 rings (SSSR count). The topological polar surface area (TPSA) is 74.5 Å². The van der Waals surface area contributed by atoms with Crippen LogP contribution in [-0.2, 0) is 4.79 Å². The molecule has 2 heterocycles. The highest BCUT2D eigenvalue weighted by molar-refractivity contribution is 5.85. The molecule has 1 saturated carbocycles. The summed E-state index contributed by atoms with van der Waals surface area (Å²) < 4.78 is 5.50. The van der Waals surface area contributed by atoms with Crippen molar-refractivity contribution in [3.8, 4) is 11.4 Å². The predicted octanol–water partition coefficient (Wildman–Crippen LogP) is 2.79. The third kappa shape index (κ3) is 6.15. The fourth-order valence-electron chi connectivity index (χ4n) is 3.44. The average molecular weight is 442 g/mol. The Kier molecular flexibility index (Phi) is 8.89. The van der Waals surface area contributed by atoms with E-state index in [1.165, 1.54) is 12.8 Å². The van der Waals surface area contributed by atoms with Crippen molar-refractivity contribution < 1.29 is 9.32 Å². The first-order chi connectivity index (χ1) is 13.2. The number of piperazine rings is 1. The first-order valence-corrected chi connectivity index (χ1v) is 9.82. The molecule has 1 unspecified atom stereocenters. The Morgan fingerprint density at radius 2 is 1.86 bits per heavy atom. The van der Waals surface area contributed by atoms with Crippen molar-refractivity contribution in [2.45, 2.75) is 25.8 Å². The van der Waals surface area contributed by atoms with Crippen LogP contribution in [0.4, 0.5) is 0 Å². The summed E-state index contributed by atoms with van der Waals surface area (Å²) in [6.07, 6.45) is 2.61. The second-order valence-electron chi connectivity index (χ2n) is 7.49. The second-order valence-corrected chi connectivity index (χ2v) is 7.49. The lowest BCUT2D eigenvalue weighted by molar-refractivity contribution is -0.132. The normalized spacial score (nSPS) is 17.9. The Bertz CT molecular complexity index is 761. The standard InChI is InChI=1S/C20H27N5O2.2ClH/c1-15(20-22-19(23-27-20)17-5-3-2-4-6-17)24-9-11-25(12-10-24)18(26)14-21-13-16-7-8-16;;/h2-6,15-16,21H,7-14H2,1H3;2*1H. The molecule has 29 heavy (non-hydrogen) atoms. The van der Waals surface area contributed by atoms with Crippen molar-refractivity contribution in [3.05, 3.63) is 36.2 Å². The van der Waals surface area contributed by atoms with Gasteiger partial charge in [-0.3, -0.25) is 9.69 Å². The zero-order valence-corrected chi connectivity index (χ0v) is 18.3. The number of amides is 1. The fourth-order valence-corrected chi connectivity index (χ4v) is 3.44. The zero-order valence-electron chi connectivity index (χ0n) is 16.6. The van der Waals surface area contributed by atoms with E-state index in [9.17, 15) is 4.79 Å². The van der Waals surface area contributed by atoms with Gasteiger partial charge in [0.1, 0.15) is 0 Å². The molecule has 2 fully saturated rings. The number of halogens is 2. The molecule has 0 radical (unpaired) electrons. The van der Waals surface area contributed by atoms with Crippen molar-refractivity contribution in [1.29, 1.82) is 0 Å².